The van der Waals surface area contributed by atoms with Crippen molar-refractivity contribution in [1.82, 2.24) is 19.7 Å². The Bertz CT molecular complexity index is 1680. The number of rotatable bonds is 11. The summed E-state index contributed by atoms with van der Waals surface area (Å²) in [6.07, 6.45) is 15.4. The third kappa shape index (κ3) is 7.26. The molecular weight excluding hydrogens is 642 g/mol. The summed E-state index contributed by atoms with van der Waals surface area (Å²) in [5, 5.41) is 13.7. The van der Waals surface area contributed by atoms with Gasteiger partial charge in [0.2, 0.25) is 5.91 Å². The smallest absolute Gasteiger partial charge is 0.410 e. The van der Waals surface area contributed by atoms with Gasteiger partial charge >= 0.3 is 6.09 Å². The van der Waals surface area contributed by atoms with Gasteiger partial charge in [-0.25, -0.2) is 9.78 Å². The first kappa shape index (κ1) is 35.5. The number of likely N-dealkylation sites (tertiary alicyclic amines) is 1. The minimum atomic E-state index is -0.267. The number of amides is 2. The quantitative estimate of drug-likeness (QED) is 0.221. The Hall–Kier alpha value is -3.92. The van der Waals surface area contributed by atoms with Crippen molar-refractivity contribution in [2.75, 3.05) is 38.3 Å². The van der Waals surface area contributed by atoms with E-state index in [4.69, 9.17) is 14.5 Å². The molecule has 0 unspecified atom stereocenters. The lowest BCUT2D eigenvalue weighted by molar-refractivity contribution is -0.124. The predicted molar refractivity (Wildman–Crippen MR) is 197 cm³/mol. The molecule has 51 heavy (non-hydrogen) atoms. The normalized spacial score (nSPS) is 26.2. The predicted octanol–water partition coefficient (Wildman–Crippen LogP) is 7.48. The number of pyridine rings is 1. The molecule has 1 aliphatic heterocycles. The van der Waals surface area contributed by atoms with Crippen molar-refractivity contribution in [3.63, 3.8) is 0 Å². The molecule has 1 saturated heterocycles. The Kier molecular flexibility index (Phi) is 10.2. The fourth-order valence-electron chi connectivity index (χ4n) is 9.21. The fraction of sp³-hybridized carbons (Fsp3) is 0.610. The topological polar surface area (TPSA) is 110 Å². The van der Waals surface area contributed by atoms with Crippen molar-refractivity contribution in [1.29, 1.82) is 0 Å². The van der Waals surface area contributed by atoms with Crippen molar-refractivity contribution in [2.45, 2.75) is 109 Å². The zero-order valence-electron chi connectivity index (χ0n) is 30.9. The van der Waals surface area contributed by atoms with Gasteiger partial charge in [-0.3, -0.25) is 14.4 Å². The van der Waals surface area contributed by atoms with Crippen LogP contribution in [-0.2, 0) is 14.9 Å². The van der Waals surface area contributed by atoms with E-state index in [0.29, 0.717) is 57.1 Å². The molecule has 10 heteroatoms. The molecule has 0 radical (unpaired) electrons. The van der Waals surface area contributed by atoms with E-state index in [-0.39, 0.29) is 47.5 Å². The molecule has 274 valence electrons. The summed E-state index contributed by atoms with van der Waals surface area (Å²) in [4.78, 5) is 36.0. The van der Waals surface area contributed by atoms with Gasteiger partial charge in [0.05, 0.1) is 13.3 Å². The molecule has 4 saturated carbocycles. The zero-order chi connectivity index (χ0) is 35.8. The molecule has 1 N–H and O–H groups in total. The van der Waals surface area contributed by atoms with E-state index in [9.17, 15) is 14.7 Å². The Balaban J connectivity index is 1.07. The van der Waals surface area contributed by atoms with Crippen molar-refractivity contribution < 1.29 is 24.2 Å². The third-order valence-electron chi connectivity index (χ3n) is 12.7. The SMILES string of the molecule is COc1ccc(C23CCC(CN(C(=O)C4CCC(OC(=O)N5CC(CCO)C5)CC4)c4cc(-c5cnn(C(C)C)c5)ccn4)(CC2)CC3)cc1C. The number of ether oxygens (including phenoxy) is 2. The van der Waals surface area contributed by atoms with Gasteiger partial charge in [-0.2, -0.15) is 5.10 Å². The summed E-state index contributed by atoms with van der Waals surface area (Å²) in [7, 11) is 1.73. The summed E-state index contributed by atoms with van der Waals surface area (Å²) >= 11 is 0. The third-order valence-corrected chi connectivity index (χ3v) is 12.7. The van der Waals surface area contributed by atoms with Crippen molar-refractivity contribution in [2.24, 2.45) is 17.3 Å². The lowest BCUT2D eigenvalue weighted by Gasteiger charge is -2.55. The average molecular weight is 698 g/mol. The number of aromatic nitrogens is 3. The molecule has 10 nitrogen and oxygen atoms in total. The van der Waals surface area contributed by atoms with Crippen LogP contribution in [0.2, 0.25) is 0 Å². The van der Waals surface area contributed by atoms with Gasteiger partial charge in [0.1, 0.15) is 17.7 Å². The van der Waals surface area contributed by atoms with Gasteiger partial charge < -0.3 is 19.5 Å². The summed E-state index contributed by atoms with van der Waals surface area (Å²) < 4.78 is 13.4. The van der Waals surface area contributed by atoms with Gasteiger partial charge in [0.25, 0.3) is 0 Å². The molecule has 3 aromatic rings. The number of methoxy groups -OCH3 is 1. The number of aryl methyl sites for hydroxylation is 1. The van der Waals surface area contributed by atoms with Gasteiger partial charge in [-0.05, 0) is 143 Å². The van der Waals surface area contributed by atoms with Crippen molar-refractivity contribution in [3.8, 4) is 16.9 Å². The van der Waals surface area contributed by atoms with Crippen LogP contribution in [0.1, 0.15) is 102 Å². The first-order valence-corrected chi connectivity index (χ1v) is 19.1. The highest BCUT2D eigenvalue weighted by atomic mass is 16.6. The molecule has 0 spiro atoms. The Morgan fingerprint density at radius 2 is 1.73 bits per heavy atom. The number of fused-ring (bicyclic) bond motifs is 3. The van der Waals surface area contributed by atoms with Crippen LogP contribution < -0.4 is 9.64 Å². The highest BCUT2D eigenvalue weighted by Crippen LogP contribution is 2.58. The number of hydrogen-bond acceptors (Lipinski definition) is 7. The zero-order valence-corrected chi connectivity index (χ0v) is 30.9. The number of aliphatic hydroxyl groups is 1. The number of benzene rings is 1. The van der Waals surface area contributed by atoms with Crippen LogP contribution in [0.15, 0.2) is 48.9 Å². The Morgan fingerprint density at radius 1 is 1.00 bits per heavy atom. The van der Waals surface area contributed by atoms with E-state index in [1.807, 2.05) is 28.0 Å². The van der Waals surface area contributed by atoms with Crippen LogP contribution in [0.5, 0.6) is 5.75 Å². The first-order chi connectivity index (χ1) is 24.6. The summed E-state index contributed by atoms with van der Waals surface area (Å²) in [6, 6.07) is 11.0. The molecule has 1 aromatic carbocycles. The summed E-state index contributed by atoms with van der Waals surface area (Å²) in [5.74, 6) is 2.00. The summed E-state index contributed by atoms with van der Waals surface area (Å²) in [6.45, 7) is 8.47. The van der Waals surface area contributed by atoms with Gasteiger partial charge in [0.15, 0.2) is 0 Å². The van der Waals surface area contributed by atoms with Crippen LogP contribution in [0, 0.1) is 24.2 Å². The molecule has 2 aromatic heterocycles. The van der Waals surface area contributed by atoms with E-state index in [1.165, 1.54) is 11.1 Å². The molecule has 4 aliphatic carbocycles. The minimum Gasteiger partial charge on any atom is -0.496 e. The number of carbonyl (C=O) groups is 2. The van der Waals surface area contributed by atoms with E-state index >= 15 is 0 Å². The molecule has 0 atom stereocenters. The van der Waals surface area contributed by atoms with Gasteiger partial charge in [0, 0.05) is 56.2 Å². The number of aliphatic hydroxyl groups excluding tert-OH is 1. The molecule has 8 rings (SSSR count). The number of carbonyl (C=O) groups excluding carboxylic acids is 2. The van der Waals surface area contributed by atoms with Gasteiger partial charge in [-0.15, -0.1) is 0 Å². The maximum absolute atomic E-state index is 14.7. The average Bonchev–Trinajstić information content (AvgIpc) is 3.64. The fourth-order valence-corrected chi connectivity index (χ4v) is 9.21. The highest BCUT2D eigenvalue weighted by Gasteiger charge is 2.51. The van der Waals surface area contributed by atoms with E-state index < -0.39 is 0 Å². The van der Waals surface area contributed by atoms with Crippen LogP contribution in [-0.4, -0.2) is 76.2 Å². The second-order valence-corrected chi connectivity index (χ2v) is 16.2. The van der Waals surface area contributed by atoms with Crippen LogP contribution in [0.25, 0.3) is 11.1 Å². The largest absolute Gasteiger partial charge is 0.496 e. The highest BCUT2D eigenvalue weighted by molar-refractivity contribution is 5.95. The van der Waals surface area contributed by atoms with Crippen LogP contribution >= 0.6 is 0 Å². The second kappa shape index (κ2) is 14.6. The Morgan fingerprint density at radius 3 is 2.35 bits per heavy atom. The van der Waals surface area contributed by atoms with Gasteiger partial charge in [-0.1, -0.05) is 12.1 Å². The lowest BCUT2D eigenvalue weighted by atomic mass is 9.51. The van der Waals surface area contributed by atoms with Crippen molar-refractivity contribution in [3.05, 3.63) is 60.0 Å². The maximum atomic E-state index is 14.7. The minimum absolute atomic E-state index is 0.0526. The second-order valence-electron chi connectivity index (χ2n) is 16.2. The van der Waals surface area contributed by atoms with Crippen LogP contribution in [0.4, 0.5) is 10.6 Å². The molecule has 2 bridgehead atoms. The molecule has 2 amide bonds. The lowest BCUT2D eigenvalue weighted by Crippen LogP contribution is -2.52. The van der Waals surface area contributed by atoms with E-state index in [1.54, 1.807) is 12.0 Å². The molecule has 3 heterocycles. The summed E-state index contributed by atoms with van der Waals surface area (Å²) in [5.41, 5.74) is 4.87. The standard InChI is InChI=1S/C41H55N5O5/c1-28(2)46-26-33(23-43-46)32-11-19-42-37(22-32)45(38(48)31-5-8-35(9-6-31)51-39(49)44-24-30(25-44)12-20-47)27-40-13-16-41(17-14-40,18-15-40)34-7-10-36(50-4)29(3)21-34/h7,10-11,19,21-23,26,28,30-31,35,47H,5-6,8-9,12-18,20,24-25,27H2,1-4H3. The maximum Gasteiger partial charge on any atom is 0.410 e. The number of nitrogens with zero attached hydrogens (tertiary/aromatic N) is 5. The molecular formula is C41H55N5O5. The van der Waals surface area contributed by atoms with Crippen LogP contribution in [0.3, 0.4) is 0 Å². The Labute approximate surface area is 302 Å². The number of hydrogen-bond donors (Lipinski definition) is 1. The number of anilines is 1. The molecule has 5 aliphatic rings. The van der Waals surface area contributed by atoms with E-state index in [0.717, 1.165) is 61.8 Å². The molecule has 5 fully saturated rings. The first-order valence-electron chi connectivity index (χ1n) is 19.1. The monoisotopic (exact) mass is 697 g/mol. The van der Waals surface area contributed by atoms with E-state index in [2.05, 4.69) is 56.3 Å². The van der Waals surface area contributed by atoms with Crippen molar-refractivity contribution >= 4 is 17.8 Å².